The summed E-state index contributed by atoms with van der Waals surface area (Å²) in [7, 11) is 0. The first-order chi connectivity index (χ1) is 8.20. The molecule has 4 heteroatoms. The average Bonchev–Trinajstić information content (AvgIpc) is 2.35. The van der Waals surface area contributed by atoms with E-state index in [1.807, 2.05) is 13.0 Å². The molecule has 0 fully saturated rings. The summed E-state index contributed by atoms with van der Waals surface area (Å²) >= 11 is 0. The van der Waals surface area contributed by atoms with E-state index in [1.54, 1.807) is 18.2 Å². The van der Waals surface area contributed by atoms with Gasteiger partial charge in [-0.25, -0.2) is 4.79 Å². The molecule has 0 saturated carbocycles. The SMILES string of the molecule is CCC(=Cc1ccc2c(c1)OCCO2)C(=O)O. The van der Waals surface area contributed by atoms with E-state index >= 15 is 0 Å². The normalized spacial score (nSPS) is 14.5. The number of rotatable bonds is 3. The highest BCUT2D eigenvalue weighted by Crippen LogP contribution is 2.31. The molecule has 4 nitrogen and oxygen atoms in total. The van der Waals surface area contributed by atoms with Crippen LogP contribution in [-0.4, -0.2) is 24.3 Å². The molecule has 1 N–H and O–H groups in total. The van der Waals surface area contributed by atoms with E-state index in [9.17, 15) is 4.79 Å². The first kappa shape index (κ1) is 11.5. The fourth-order valence-electron chi connectivity index (χ4n) is 1.67. The Morgan fingerprint density at radius 3 is 2.71 bits per heavy atom. The highest BCUT2D eigenvalue weighted by atomic mass is 16.6. The molecule has 1 heterocycles. The smallest absolute Gasteiger partial charge is 0.331 e. The predicted molar refractivity (Wildman–Crippen MR) is 63.3 cm³/mol. The molecule has 90 valence electrons. The van der Waals surface area contributed by atoms with Gasteiger partial charge in [-0.2, -0.15) is 0 Å². The summed E-state index contributed by atoms with van der Waals surface area (Å²) < 4.78 is 10.8. The van der Waals surface area contributed by atoms with Crippen molar-refractivity contribution >= 4 is 12.0 Å². The summed E-state index contributed by atoms with van der Waals surface area (Å²) in [6.07, 6.45) is 2.14. The monoisotopic (exact) mass is 234 g/mol. The Morgan fingerprint density at radius 2 is 2.06 bits per heavy atom. The van der Waals surface area contributed by atoms with Gasteiger partial charge in [0, 0.05) is 5.57 Å². The molecule has 0 bridgehead atoms. The molecule has 0 amide bonds. The molecular formula is C13H14O4. The van der Waals surface area contributed by atoms with E-state index < -0.39 is 5.97 Å². The van der Waals surface area contributed by atoms with Gasteiger partial charge in [0.1, 0.15) is 13.2 Å². The second-order valence-electron chi connectivity index (χ2n) is 3.73. The Morgan fingerprint density at radius 1 is 1.35 bits per heavy atom. The lowest BCUT2D eigenvalue weighted by molar-refractivity contribution is -0.132. The van der Waals surface area contributed by atoms with Crippen LogP contribution in [0.2, 0.25) is 0 Å². The van der Waals surface area contributed by atoms with Crippen LogP contribution >= 0.6 is 0 Å². The van der Waals surface area contributed by atoms with Gasteiger partial charge in [-0.15, -0.1) is 0 Å². The number of ether oxygens (including phenoxy) is 2. The number of fused-ring (bicyclic) bond motifs is 1. The third-order valence-corrected chi connectivity index (χ3v) is 2.56. The zero-order valence-corrected chi connectivity index (χ0v) is 9.60. The van der Waals surface area contributed by atoms with Crippen molar-refractivity contribution in [1.29, 1.82) is 0 Å². The lowest BCUT2D eigenvalue weighted by atomic mass is 10.1. The van der Waals surface area contributed by atoms with E-state index in [1.165, 1.54) is 0 Å². The van der Waals surface area contributed by atoms with Gasteiger partial charge in [-0.3, -0.25) is 0 Å². The second-order valence-corrected chi connectivity index (χ2v) is 3.73. The first-order valence-electron chi connectivity index (χ1n) is 5.54. The lowest BCUT2D eigenvalue weighted by Crippen LogP contribution is -2.15. The van der Waals surface area contributed by atoms with Crippen molar-refractivity contribution in [2.75, 3.05) is 13.2 Å². The standard InChI is InChI=1S/C13H14O4/c1-2-10(13(14)15)7-9-3-4-11-12(8-9)17-6-5-16-11/h3-4,7-8H,2,5-6H2,1H3,(H,14,15). The summed E-state index contributed by atoms with van der Waals surface area (Å²) in [5.41, 5.74) is 1.19. The highest BCUT2D eigenvalue weighted by molar-refractivity contribution is 5.92. The zero-order valence-electron chi connectivity index (χ0n) is 9.60. The molecule has 0 unspecified atom stereocenters. The molecule has 0 spiro atoms. The molecule has 1 aliphatic heterocycles. The number of aliphatic carboxylic acids is 1. The van der Waals surface area contributed by atoms with Gasteiger partial charge in [-0.1, -0.05) is 13.0 Å². The molecule has 2 rings (SSSR count). The van der Waals surface area contributed by atoms with E-state index in [2.05, 4.69) is 0 Å². The maximum absolute atomic E-state index is 10.9. The van der Waals surface area contributed by atoms with Gasteiger partial charge in [0.15, 0.2) is 11.5 Å². The quantitative estimate of drug-likeness (QED) is 0.815. The van der Waals surface area contributed by atoms with E-state index in [0.717, 1.165) is 5.56 Å². The Kier molecular flexibility index (Phi) is 3.32. The summed E-state index contributed by atoms with van der Waals surface area (Å²) in [5.74, 6) is 0.495. The van der Waals surface area contributed by atoms with Crippen molar-refractivity contribution in [3.63, 3.8) is 0 Å². The Hall–Kier alpha value is -1.97. The van der Waals surface area contributed by atoms with Crippen LogP contribution < -0.4 is 9.47 Å². The van der Waals surface area contributed by atoms with Crippen molar-refractivity contribution in [3.05, 3.63) is 29.3 Å². The number of carboxylic acid groups (broad SMARTS) is 1. The molecule has 0 saturated heterocycles. The van der Waals surface area contributed by atoms with Crippen molar-refractivity contribution in [2.24, 2.45) is 0 Å². The predicted octanol–water partition coefficient (Wildman–Crippen LogP) is 2.34. The molecule has 1 aromatic rings. The number of hydrogen-bond acceptors (Lipinski definition) is 3. The molecule has 17 heavy (non-hydrogen) atoms. The third kappa shape index (κ3) is 2.58. The Bertz CT molecular complexity index is 462. The Labute approximate surface area is 99.5 Å². The van der Waals surface area contributed by atoms with Gasteiger partial charge in [0.05, 0.1) is 0 Å². The first-order valence-corrected chi connectivity index (χ1v) is 5.54. The van der Waals surface area contributed by atoms with Gasteiger partial charge < -0.3 is 14.6 Å². The summed E-state index contributed by atoms with van der Waals surface area (Å²) in [5, 5.41) is 8.95. The van der Waals surface area contributed by atoms with E-state index in [0.29, 0.717) is 36.7 Å². The summed E-state index contributed by atoms with van der Waals surface area (Å²) in [6.45, 7) is 2.90. The maximum Gasteiger partial charge on any atom is 0.331 e. The Balaban J connectivity index is 2.31. The van der Waals surface area contributed by atoms with Crippen molar-refractivity contribution in [1.82, 2.24) is 0 Å². The van der Waals surface area contributed by atoms with Crippen molar-refractivity contribution in [2.45, 2.75) is 13.3 Å². The number of hydrogen-bond donors (Lipinski definition) is 1. The van der Waals surface area contributed by atoms with Crippen LogP contribution in [0.5, 0.6) is 11.5 Å². The van der Waals surface area contributed by atoms with Crippen molar-refractivity contribution < 1.29 is 19.4 Å². The summed E-state index contributed by atoms with van der Waals surface area (Å²) in [4.78, 5) is 10.9. The van der Waals surface area contributed by atoms with Gasteiger partial charge >= 0.3 is 5.97 Å². The number of benzene rings is 1. The molecule has 0 radical (unpaired) electrons. The van der Waals surface area contributed by atoms with Crippen LogP contribution in [-0.2, 0) is 4.79 Å². The number of carboxylic acids is 1. The van der Waals surface area contributed by atoms with Crippen LogP contribution in [0.25, 0.3) is 6.08 Å². The highest BCUT2D eigenvalue weighted by Gasteiger charge is 2.12. The molecule has 0 aromatic heterocycles. The topological polar surface area (TPSA) is 55.8 Å². The van der Waals surface area contributed by atoms with Crippen LogP contribution in [0.1, 0.15) is 18.9 Å². The van der Waals surface area contributed by atoms with Crippen LogP contribution in [0.15, 0.2) is 23.8 Å². The molecular weight excluding hydrogens is 220 g/mol. The van der Waals surface area contributed by atoms with Crippen LogP contribution in [0.4, 0.5) is 0 Å². The minimum Gasteiger partial charge on any atom is -0.486 e. The van der Waals surface area contributed by atoms with Gasteiger partial charge in [0.25, 0.3) is 0 Å². The average molecular weight is 234 g/mol. The van der Waals surface area contributed by atoms with E-state index in [4.69, 9.17) is 14.6 Å². The molecule has 1 aliphatic rings. The zero-order chi connectivity index (χ0) is 12.3. The number of carbonyl (C=O) groups is 1. The molecule has 1 aromatic carbocycles. The minimum absolute atomic E-state index is 0.377. The van der Waals surface area contributed by atoms with Gasteiger partial charge in [0.2, 0.25) is 0 Å². The fraction of sp³-hybridized carbons (Fsp3) is 0.308. The van der Waals surface area contributed by atoms with E-state index in [-0.39, 0.29) is 0 Å². The summed E-state index contributed by atoms with van der Waals surface area (Å²) in [6, 6.07) is 5.43. The van der Waals surface area contributed by atoms with Gasteiger partial charge in [-0.05, 0) is 30.2 Å². The van der Waals surface area contributed by atoms with Crippen LogP contribution in [0, 0.1) is 0 Å². The molecule has 0 aliphatic carbocycles. The molecule has 0 atom stereocenters. The van der Waals surface area contributed by atoms with Crippen molar-refractivity contribution in [3.8, 4) is 11.5 Å². The lowest BCUT2D eigenvalue weighted by Gasteiger charge is -2.18. The fourth-order valence-corrected chi connectivity index (χ4v) is 1.67. The minimum atomic E-state index is -0.887. The third-order valence-electron chi connectivity index (χ3n) is 2.56. The maximum atomic E-state index is 10.9. The second kappa shape index (κ2) is 4.91. The van der Waals surface area contributed by atoms with Crippen LogP contribution in [0.3, 0.4) is 0 Å². The largest absolute Gasteiger partial charge is 0.486 e.